The molecule has 1 heterocycles. The van der Waals surface area contributed by atoms with Gasteiger partial charge in [0.05, 0.1) is 0 Å². The molecule has 5 heteroatoms. The fraction of sp³-hybridized carbons (Fsp3) is 0.333. The van der Waals surface area contributed by atoms with Gasteiger partial charge in [-0.2, -0.15) is 0 Å². The second-order valence-corrected chi connectivity index (χ2v) is 4.09. The Morgan fingerprint density at radius 1 is 1.29 bits per heavy atom. The monoisotopic (exact) mass is 234 g/mol. The van der Waals surface area contributed by atoms with Gasteiger partial charge in [0.25, 0.3) is 0 Å². The molecule has 17 heavy (non-hydrogen) atoms. The number of aromatic nitrogens is 2. The molecule has 0 aliphatic rings. The minimum atomic E-state index is -0.319. The van der Waals surface area contributed by atoms with Crippen molar-refractivity contribution in [2.75, 3.05) is 32.5 Å². The summed E-state index contributed by atoms with van der Waals surface area (Å²) in [6.45, 7) is 1.65. The highest BCUT2D eigenvalue weighted by Gasteiger charge is 2.06. The summed E-state index contributed by atoms with van der Waals surface area (Å²) in [6, 6.07) is 4.88. The highest BCUT2D eigenvalue weighted by atomic mass is 19.1. The molecule has 0 bridgehead atoms. The Hall–Kier alpha value is -1.75. The zero-order valence-electron chi connectivity index (χ0n) is 9.94. The Morgan fingerprint density at radius 3 is 2.88 bits per heavy atom. The molecule has 4 nitrogen and oxygen atoms in total. The molecule has 1 aromatic carbocycles. The van der Waals surface area contributed by atoms with Crippen LogP contribution in [0.3, 0.4) is 0 Å². The number of hydrogen-bond acceptors (Lipinski definition) is 4. The third-order valence-electron chi connectivity index (χ3n) is 2.47. The van der Waals surface area contributed by atoms with Crippen LogP contribution in [-0.2, 0) is 0 Å². The molecule has 0 saturated carbocycles. The zero-order chi connectivity index (χ0) is 12.3. The van der Waals surface area contributed by atoms with Gasteiger partial charge in [0, 0.05) is 18.5 Å². The summed E-state index contributed by atoms with van der Waals surface area (Å²) in [6.07, 6.45) is 1.38. The molecule has 0 saturated heterocycles. The summed E-state index contributed by atoms with van der Waals surface area (Å²) >= 11 is 0. The van der Waals surface area contributed by atoms with E-state index in [1.54, 1.807) is 6.07 Å². The molecule has 1 N–H and O–H groups in total. The number of para-hydroxylation sites is 1. The SMILES string of the molecule is CN(C)CCNc1ncnc2c(F)cccc12. The molecule has 2 aromatic rings. The third-order valence-corrected chi connectivity index (χ3v) is 2.47. The van der Waals surface area contributed by atoms with E-state index in [0.717, 1.165) is 13.1 Å². The average Bonchev–Trinajstić information content (AvgIpc) is 2.30. The van der Waals surface area contributed by atoms with E-state index < -0.39 is 0 Å². The van der Waals surface area contributed by atoms with E-state index in [2.05, 4.69) is 20.2 Å². The van der Waals surface area contributed by atoms with Crippen LogP contribution in [0.15, 0.2) is 24.5 Å². The number of fused-ring (bicyclic) bond motifs is 1. The molecule has 0 amide bonds. The van der Waals surface area contributed by atoms with E-state index in [1.807, 2.05) is 20.2 Å². The lowest BCUT2D eigenvalue weighted by atomic mass is 10.2. The number of benzene rings is 1. The summed E-state index contributed by atoms with van der Waals surface area (Å²) in [5.41, 5.74) is 0.356. The smallest absolute Gasteiger partial charge is 0.149 e. The van der Waals surface area contributed by atoms with E-state index in [0.29, 0.717) is 16.7 Å². The van der Waals surface area contributed by atoms with Crippen molar-refractivity contribution in [1.82, 2.24) is 14.9 Å². The fourth-order valence-electron chi connectivity index (χ4n) is 1.59. The lowest BCUT2D eigenvalue weighted by Crippen LogP contribution is -2.21. The van der Waals surface area contributed by atoms with Crippen molar-refractivity contribution in [2.24, 2.45) is 0 Å². The largest absolute Gasteiger partial charge is 0.368 e. The van der Waals surface area contributed by atoms with E-state index in [9.17, 15) is 4.39 Å². The third kappa shape index (κ3) is 2.68. The number of hydrogen-bond donors (Lipinski definition) is 1. The van der Waals surface area contributed by atoms with E-state index in [1.165, 1.54) is 12.4 Å². The standard InChI is InChI=1S/C12H15FN4/c1-17(2)7-6-14-12-9-4-3-5-10(13)11(9)15-8-16-12/h3-5,8H,6-7H2,1-2H3,(H,14,15,16). The molecule has 0 spiro atoms. The van der Waals surface area contributed by atoms with Gasteiger partial charge >= 0.3 is 0 Å². The van der Waals surface area contributed by atoms with Crippen molar-refractivity contribution in [3.05, 3.63) is 30.3 Å². The van der Waals surface area contributed by atoms with Gasteiger partial charge in [-0.1, -0.05) is 6.07 Å². The van der Waals surface area contributed by atoms with Crippen molar-refractivity contribution < 1.29 is 4.39 Å². The van der Waals surface area contributed by atoms with Crippen LogP contribution in [0.1, 0.15) is 0 Å². The van der Waals surface area contributed by atoms with Gasteiger partial charge in [0.15, 0.2) is 0 Å². The van der Waals surface area contributed by atoms with Gasteiger partial charge in [0.1, 0.15) is 23.5 Å². The molecule has 0 aliphatic heterocycles. The van der Waals surface area contributed by atoms with E-state index >= 15 is 0 Å². The van der Waals surface area contributed by atoms with Crippen molar-refractivity contribution >= 4 is 16.7 Å². The minimum absolute atomic E-state index is 0.319. The molecule has 0 fully saturated rings. The van der Waals surface area contributed by atoms with Crippen LogP contribution in [0.25, 0.3) is 10.9 Å². The van der Waals surface area contributed by atoms with Crippen molar-refractivity contribution in [1.29, 1.82) is 0 Å². The van der Waals surface area contributed by atoms with Crippen LogP contribution in [0, 0.1) is 5.82 Å². The maximum absolute atomic E-state index is 13.5. The first-order valence-corrected chi connectivity index (χ1v) is 5.46. The molecule has 1 aromatic heterocycles. The first-order valence-electron chi connectivity index (χ1n) is 5.46. The maximum atomic E-state index is 13.5. The maximum Gasteiger partial charge on any atom is 0.149 e. The first-order chi connectivity index (χ1) is 8.18. The molecular weight excluding hydrogens is 219 g/mol. The van der Waals surface area contributed by atoms with Crippen LogP contribution in [0.2, 0.25) is 0 Å². The minimum Gasteiger partial charge on any atom is -0.368 e. The van der Waals surface area contributed by atoms with E-state index in [-0.39, 0.29) is 5.82 Å². The molecule has 0 atom stereocenters. The van der Waals surface area contributed by atoms with Gasteiger partial charge in [-0.15, -0.1) is 0 Å². The number of anilines is 1. The normalized spacial score (nSPS) is 11.1. The van der Waals surface area contributed by atoms with Gasteiger partial charge < -0.3 is 10.2 Å². The second kappa shape index (κ2) is 5.05. The summed E-state index contributed by atoms with van der Waals surface area (Å²) < 4.78 is 13.5. The summed E-state index contributed by atoms with van der Waals surface area (Å²) in [5.74, 6) is 0.358. The van der Waals surface area contributed by atoms with Gasteiger partial charge in [-0.25, -0.2) is 14.4 Å². The lowest BCUT2D eigenvalue weighted by molar-refractivity contribution is 0.425. The average molecular weight is 234 g/mol. The van der Waals surface area contributed by atoms with Crippen LogP contribution in [-0.4, -0.2) is 42.1 Å². The van der Waals surface area contributed by atoms with Crippen molar-refractivity contribution in [3.63, 3.8) is 0 Å². The number of nitrogens with zero attached hydrogens (tertiary/aromatic N) is 3. The molecular formula is C12H15FN4. The Morgan fingerprint density at radius 2 is 2.12 bits per heavy atom. The molecule has 0 unspecified atom stereocenters. The number of rotatable bonds is 4. The Kier molecular flexibility index (Phi) is 3.49. The molecule has 0 aliphatic carbocycles. The fourth-order valence-corrected chi connectivity index (χ4v) is 1.59. The quantitative estimate of drug-likeness (QED) is 0.875. The number of nitrogens with one attached hydrogen (secondary N) is 1. The van der Waals surface area contributed by atoms with Crippen LogP contribution in [0.5, 0.6) is 0 Å². The molecule has 0 radical (unpaired) electrons. The summed E-state index contributed by atoms with van der Waals surface area (Å²) in [4.78, 5) is 10.2. The molecule has 2 rings (SSSR count). The van der Waals surface area contributed by atoms with Crippen LogP contribution in [0.4, 0.5) is 10.2 Å². The molecule has 90 valence electrons. The predicted molar refractivity (Wildman–Crippen MR) is 66.5 cm³/mol. The second-order valence-electron chi connectivity index (χ2n) is 4.09. The van der Waals surface area contributed by atoms with Gasteiger partial charge in [-0.05, 0) is 26.2 Å². The highest BCUT2D eigenvalue weighted by Crippen LogP contribution is 2.20. The van der Waals surface area contributed by atoms with Crippen LogP contribution >= 0.6 is 0 Å². The van der Waals surface area contributed by atoms with Crippen LogP contribution < -0.4 is 5.32 Å². The zero-order valence-corrected chi connectivity index (χ0v) is 9.94. The van der Waals surface area contributed by atoms with Crippen molar-refractivity contribution in [3.8, 4) is 0 Å². The number of halogens is 1. The number of likely N-dealkylation sites (N-methyl/N-ethyl adjacent to an activating group) is 1. The topological polar surface area (TPSA) is 41.0 Å². The Balaban J connectivity index is 2.25. The lowest BCUT2D eigenvalue weighted by Gasteiger charge is -2.12. The Labute approximate surface area is 99.5 Å². The van der Waals surface area contributed by atoms with Gasteiger partial charge in [-0.3, -0.25) is 0 Å². The summed E-state index contributed by atoms with van der Waals surface area (Å²) in [7, 11) is 4.00. The highest BCUT2D eigenvalue weighted by molar-refractivity contribution is 5.89. The Bertz CT molecular complexity index is 513. The summed E-state index contributed by atoms with van der Waals surface area (Å²) in [5, 5.41) is 3.90. The van der Waals surface area contributed by atoms with Gasteiger partial charge in [0.2, 0.25) is 0 Å². The first kappa shape index (κ1) is 11.7. The van der Waals surface area contributed by atoms with Crippen molar-refractivity contribution in [2.45, 2.75) is 0 Å². The van der Waals surface area contributed by atoms with E-state index in [4.69, 9.17) is 0 Å². The predicted octanol–water partition coefficient (Wildman–Crippen LogP) is 1.74.